The highest BCUT2D eigenvalue weighted by Gasteiger charge is 2.26. The monoisotopic (exact) mass is 277 g/mol. The number of allylic oxidation sites excluding steroid dienone is 2. The predicted molar refractivity (Wildman–Crippen MR) is 74.7 cm³/mol. The molecule has 0 radical (unpaired) electrons. The van der Waals surface area contributed by atoms with Crippen molar-refractivity contribution in [1.29, 1.82) is 0 Å². The molecule has 0 atom stereocenters. The molecule has 4 nitrogen and oxygen atoms in total. The van der Waals surface area contributed by atoms with Crippen LogP contribution in [0.4, 0.5) is 8.63 Å². The van der Waals surface area contributed by atoms with Crippen molar-refractivity contribution in [2.75, 3.05) is 26.3 Å². The maximum absolute atomic E-state index is 13.1. The zero-order chi connectivity index (χ0) is 13.9. The maximum atomic E-state index is 13.1. The lowest BCUT2D eigenvalue weighted by atomic mass is 10.1. The van der Waals surface area contributed by atoms with Crippen LogP contribution in [0.2, 0.25) is 0 Å². The molecule has 104 valence electrons. The summed E-state index contributed by atoms with van der Waals surface area (Å²) in [4.78, 5) is 6.33. The fourth-order valence-corrected chi connectivity index (χ4v) is 2.45. The molecule has 1 fully saturated rings. The molecule has 0 amide bonds. The lowest BCUT2D eigenvalue weighted by molar-refractivity contribution is 0.0636. The Morgan fingerprint density at radius 2 is 2.10 bits per heavy atom. The number of rotatable bonds is 3. The Labute approximate surface area is 116 Å². The van der Waals surface area contributed by atoms with Gasteiger partial charge >= 0.3 is 7.40 Å². The zero-order valence-electron chi connectivity index (χ0n) is 10.9. The van der Waals surface area contributed by atoms with Gasteiger partial charge in [0.15, 0.2) is 0 Å². The van der Waals surface area contributed by atoms with Gasteiger partial charge < -0.3 is 14.1 Å². The Balaban J connectivity index is 2.06. The molecule has 0 bridgehead atoms. The predicted octanol–water partition coefficient (Wildman–Crippen LogP) is 1.90. The first-order valence-corrected chi connectivity index (χ1v) is 6.50. The summed E-state index contributed by atoms with van der Waals surface area (Å²) in [5.41, 5.74) is 1.94. The van der Waals surface area contributed by atoms with Crippen LogP contribution in [-0.2, 0) is 4.74 Å². The molecule has 1 aromatic heterocycles. The summed E-state index contributed by atoms with van der Waals surface area (Å²) < 4.78 is 32.5. The minimum atomic E-state index is -2.56. The molecule has 3 rings (SSSR count). The Morgan fingerprint density at radius 1 is 1.30 bits per heavy atom. The van der Waals surface area contributed by atoms with Gasteiger partial charge in [0, 0.05) is 19.3 Å². The molecule has 0 spiro atoms. The van der Waals surface area contributed by atoms with Gasteiger partial charge in [-0.2, -0.15) is 0 Å². The first-order chi connectivity index (χ1) is 9.77. The number of nitrogens with zero attached hydrogens (tertiary/aromatic N) is 3. The third-order valence-corrected chi connectivity index (χ3v) is 3.36. The average Bonchev–Trinajstić information content (AvgIpc) is 3.12. The van der Waals surface area contributed by atoms with Crippen molar-refractivity contribution in [3.05, 3.63) is 41.9 Å². The van der Waals surface area contributed by atoms with Gasteiger partial charge in [0.1, 0.15) is 0 Å². The third kappa shape index (κ3) is 2.41. The van der Waals surface area contributed by atoms with Crippen molar-refractivity contribution < 1.29 is 13.4 Å². The van der Waals surface area contributed by atoms with Gasteiger partial charge in [-0.3, -0.25) is 13.6 Å². The largest absolute Gasteiger partial charge is 0.677 e. The van der Waals surface area contributed by atoms with Gasteiger partial charge in [-0.15, -0.1) is 0 Å². The topological polar surface area (TPSA) is 29.8 Å². The van der Waals surface area contributed by atoms with Gasteiger partial charge in [0.25, 0.3) is 0 Å². The maximum Gasteiger partial charge on any atom is 0.677 e. The van der Waals surface area contributed by atoms with Gasteiger partial charge in [-0.1, -0.05) is 0 Å². The Hall–Kier alpha value is -1.89. The fraction of sp³-hybridized carbons (Fsp3) is 0.308. The second-order valence-electron chi connectivity index (χ2n) is 4.55. The molecule has 0 aromatic carbocycles. The van der Waals surface area contributed by atoms with Crippen LogP contribution in [0.5, 0.6) is 0 Å². The second-order valence-corrected chi connectivity index (χ2v) is 4.55. The number of aromatic nitrogens is 1. The quantitative estimate of drug-likeness (QED) is 0.790. The number of hydrogen-bond donors (Lipinski definition) is 0. The van der Waals surface area contributed by atoms with E-state index in [-0.39, 0.29) is 0 Å². The molecular formula is C13H14BF2N3O. The van der Waals surface area contributed by atoms with E-state index in [2.05, 4.69) is 9.89 Å². The zero-order valence-corrected chi connectivity index (χ0v) is 10.9. The third-order valence-electron chi connectivity index (χ3n) is 3.36. The van der Waals surface area contributed by atoms with Crippen molar-refractivity contribution in [3.8, 4) is 0 Å². The van der Waals surface area contributed by atoms with Crippen LogP contribution in [0.15, 0.2) is 41.2 Å². The van der Waals surface area contributed by atoms with Crippen molar-refractivity contribution in [2.45, 2.75) is 0 Å². The minimum Gasteiger partial charge on any atom is -0.378 e. The highest BCUT2D eigenvalue weighted by atomic mass is 19.2. The summed E-state index contributed by atoms with van der Waals surface area (Å²) >= 11 is 0. The van der Waals surface area contributed by atoms with Gasteiger partial charge in [0.05, 0.1) is 30.3 Å². The van der Waals surface area contributed by atoms with Crippen LogP contribution in [0, 0.1) is 0 Å². The number of ether oxygens (including phenoxy) is 1. The number of morpholine rings is 1. The lowest BCUT2D eigenvalue weighted by Gasteiger charge is -2.32. The Bertz CT molecular complexity index is 560. The summed E-state index contributed by atoms with van der Waals surface area (Å²) in [6, 6.07) is 3.33. The van der Waals surface area contributed by atoms with E-state index in [4.69, 9.17) is 4.74 Å². The van der Waals surface area contributed by atoms with Crippen molar-refractivity contribution in [2.24, 2.45) is 4.99 Å². The SMILES string of the molecule is FB(F)n1cccc1/C(=C1/C=CC=N1)N1CCOCC1. The molecule has 0 unspecified atom stereocenters. The molecule has 7 heteroatoms. The van der Waals surface area contributed by atoms with E-state index in [1.807, 2.05) is 12.2 Å². The van der Waals surface area contributed by atoms with Crippen LogP contribution < -0.4 is 0 Å². The van der Waals surface area contributed by atoms with Crippen LogP contribution in [0.25, 0.3) is 5.70 Å². The van der Waals surface area contributed by atoms with Gasteiger partial charge in [-0.25, -0.2) is 0 Å². The molecule has 0 saturated carbocycles. The van der Waals surface area contributed by atoms with E-state index in [0.717, 1.165) is 10.2 Å². The van der Waals surface area contributed by atoms with Crippen LogP contribution >= 0.6 is 0 Å². The summed E-state index contributed by atoms with van der Waals surface area (Å²) in [7, 11) is -2.56. The molecular weight excluding hydrogens is 263 g/mol. The molecule has 0 aliphatic carbocycles. The summed E-state index contributed by atoms with van der Waals surface area (Å²) in [5, 5.41) is 0. The summed E-state index contributed by atoms with van der Waals surface area (Å²) in [6.45, 7) is 2.55. The van der Waals surface area contributed by atoms with Crippen molar-refractivity contribution in [3.63, 3.8) is 0 Å². The Kier molecular flexibility index (Phi) is 3.69. The highest BCUT2D eigenvalue weighted by Crippen LogP contribution is 2.28. The van der Waals surface area contributed by atoms with E-state index >= 15 is 0 Å². The first kappa shape index (κ1) is 13.1. The number of halogens is 2. The van der Waals surface area contributed by atoms with Gasteiger partial charge in [-0.05, 0) is 30.5 Å². The second kappa shape index (κ2) is 5.62. The van der Waals surface area contributed by atoms with Crippen molar-refractivity contribution in [1.82, 2.24) is 9.38 Å². The molecule has 1 saturated heterocycles. The normalized spacial score (nSPS) is 20.6. The lowest BCUT2D eigenvalue weighted by Crippen LogP contribution is -2.36. The molecule has 2 aliphatic heterocycles. The fourth-order valence-electron chi connectivity index (χ4n) is 2.45. The van der Waals surface area contributed by atoms with Crippen molar-refractivity contribution >= 4 is 19.3 Å². The Morgan fingerprint density at radius 3 is 2.75 bits per heavy atom. The summed E-state index contributed by atoms with van der Waals surface area (Å²) in [6.07, 6.45) is 6.72. The first-order valence-electron chi connectivity index (χ1n) is 6.50. The van der Waals surface area contributed by atoms with E-state index in [0.29, 0.717) is 37.7 Å². The number of hydrogen-bond acceptors (Lipinski definition) is 3. The molecule has 2 aliphatic rings. The number of aliphatic imine (C=N–C) groups is 1. The smallest absolute Gasteiger partial charge is 0.378 e. The van der Waals surface area contributed by atoms with E-state index in [9.17, 15) is 8.63 Å². The average molecular weight is 277 g/mol. The van der Waals surface area contributed by atoms with Crippen LogP contribution in [-0.4, -0.2) is 49.3 Å². The van der Waals surface area contributed by atoms with Crippen LogP contribution in [0.1, 0.15) is 5.69 Å². The van der Waals surface area contributed by atoms with E-state index < -0.39 is 7.40 Å². The molecule has 0 N–H and O–H groups in total. The van der Waals surface area contributed by atoms with E-state index in [1.54, 1.807) is 18.3 Å². The standard InChI is InChI=1S/C13H14BF2N3O/c15-14(16)19-6-2-4-12(19)13(11-3-1-5-17-11)18-7-9-20-10-8-18/h1-6H,7-10H2/b13-11+. The van der Waals surface area contributed by atoms with E-state index in [1.165, 1.54) is 6.20 Å². The highest BCUT2D eigenvalue weighted by molar-refractivity contribution is 6.41. The molecule has 3 heterocycles. The van der Waals surface area contributed by atoms with Gasteiger partial charge in [0.2, 0.25) is 0 Å². The molecule has 20 heavy (non-hydrogen) atoms. The molecule has 1 aromatic rings. The minimum absolute atomic E-state index is 0.487. The summed E-state index contributed by atoms with van der Waals surface area (Å²) in [5.74, 6) is 0. The van der Waals surface area contributed by atoms with Crippen LogP contribution in [0.3, 0.4) is 0 Å².